The summed E-state index contributed by atoms with van der Waals surface area (Å²) in [6.45, 7) is 3.41. The minimum Gasteiger partial charge on any atom is -0.495 e. The van der Waals surface area contributed by atoms with Crippen LogP contribution < -0.4 is 25.4 Å². The highest BCUT2D eigenvalue weighted by Crippen LogP contribution is 2.25. The van der Waals surface area contributed by atoms with Gasteiger partial charge >= 0.3 is 0 Å². The minimum absolute atomic E-state index is 0. The molecule has 2 aromatic rings. The van der Waals surface area contributed by atoms with Crippen molar-refractivity contribution in [3.63, 3.8) is 0 Å². The van der Waals surface area contributed by atoms with Gasteiger partial charge in [-0.05, 0) is 36.2 Å². The monoisotopic (exact) mass is 512 g/mol. The number of rotatable bonds is 9. The van der Waals surface area contributed by atoms with Crippen LogP contribution in [0.15, 0.2) is 53.5 Å². The van der Waals surface area contributed by atoms with Gasteiger partial charge in [0.2, 0.25) is 5.91 Å². The van der Waals surface area contributed by atoms with Crippen LogP contribution in [0.1, 0.15) is 18.9 Å². The van der Waals surface area contributed by atoms with Crippen molar-refractivity contribution in [2.75, 3.05) is 32.6 Å². The maximum absolute atomic E-state index is 11.3. The number of anilines is 1. The number of halogens is 1. The molecule has 3 N–H and O–H groups in total. The zero-order valence-electron chi connectivity index (χ0n) is 17.0. The van der Waals surface area contributed by atoms with E-state index in [1.165, 1.54) is 6.92 Å². The Morgan fingerprint density at radius 3 is 2.52 bits per heavy atom. The van der Waals surface area contributed by atoms with Crippen molar-refractivity contribution in [1.29, 1.82) is 0 Å². The number of hydrogen-bond acceptors (Lipinski definition) is 4. The number of ether oxygens (including phenoxy) is 2. The van der Waals surface area contributed by atoms with Gasteiger partial charge in [-0.1, -0.05) is 24.3 Å². The lowest BCUT2D eigenvalue weighted by molar-refractivity contribution is -0.114. The first-order valence-electron chi connectivity index (χ1n) is 9.19. The van der Waals surface area contributed by atoms with E-state index >= 15 is 0 Å². The highest BCUT2D eigenvalue weighted by atomic mass is 127. The van der Waals surface area contributed by atoms with Gasteiger partial charge in [-0.2, -0.15) is 0 Å². The third kappa shape index (κ3) is 9.03. The van der Waals surface area contributed by atoms with Crippen molar-refractivity contribution in [2.24, 2.45) is 4.99 Å². The number of guanidine groups is 1. The Bertz CT molecular complexity index is 785. The van der Waals surface area contributed by atoms with Gasteiger partial charge in [-0.25, -0.2) is 0 Å². The quantitative estimate of drug-likeness (QED) is 0.208. The number of methoxy groups -OCH3 is 1. The van der Waals surface area contributed by atoms with Crippen LogP contribution >= 0.6 is 24.0 Å². The van der Waals surface area contributed by atoms with Gasteiger partial charge in [0, 0.05) is 27.1 Å². The largest absolute Gasteiger partial charge is 0.495 e. The first-order valence-corrected chi connectivity index (χ1v) is 9.19. The van der Waals surface area contributed by atoms with Crippen LogP contribution in [-0.4, -0.2) is 39.2 Å². The number of benzene rings is 2. The SMILES string of the molecule is CN=C(NCCCOc1ccccc1)NCc1ccc(OC)c(NC(C)=O)c1.I. The average molecular weight is 512 g/mol. The number of nitrogens with one attached hydrogen (secondary N) is 3. The predicted molar refractivity (Wildman–Crippen MR) is 127 cm³/mol. The summed E-state index contributed by atoms with van der Waals surface area (Å²) in [6, 6.07) is 15.4. The summed E-state index contributed by atoms with van der Waals surface area (Å²) in [6.07, 6.45) is 0.852. The van der Waals surface area contributed by atoms with E-state index in [4.69, 9.17) is 9.47 Å². The molecule has 0 heterocycles. The van der Waals surface area contributed by atoms with Crippen molar-refractivity contribution < 1.29 is 14.3 Å². The van der Waals surface area contributed by atoms with Crippen molar-refractivity contribution >= 4 is 41.5 Å². The molecule has 7 nitrogen and oxygen atoms in total. The maximum Gasteiger partial charge on any atom is 0.221 e. The number of para-hydroxylation sites is 1. The fourth-order valence-corrected chi connectivity index (χ4v) is 2.54. The summed E-state index contributed by atoms with van der Waals surface area (Å²) >= 11 is 0. The second kappa shape index (κ2) is 13.6. The lowest BCUT2D eigenvalue weighted by atomic mass is 10.2. The molecule has 1 amide bonds. The van der Waals surface area contributed by atoms with Gasteiger partial charge in [-0.3, -0.25) is 9.79 Å². The van der Waals surface area contributed by atoms with E-state index < -0.39 is 0 Å². The maximum atomic E-state index is 11.3. The summed E-state index contributed by atoms with van der Waals surface area (Å²) in [7, 11) is 3.30. The number of carbonyl (C=O) groups is 1. The summed E-state index contributed by atoms with van der Waals surface area (Å²) in [4.78, 5) is 15.6. The van der Waals surface area contributed by atoms with E-state index in [0.717, 1.165) is 24.3 Å². The molecular formula is C21H29IN4O3. The highest BCUT2D eigenvalue weighted by Gasteiger charge is 2.06. The number of hydrogen-bond donors (Lipinski definition) is 3. The van der Waals surface area contributed by atoms with Gasteiger partial charge in [0.25, 0.3) is 0 Å². The summed E-state index contributed by atoms with van der Waals surface area (Å²) in [5.41, 5.74) is 1.65. The fourth-order valence-electron chi connectivity index (χ4n) is 2.54. The van der Waals surface area contributed by atoms with Gasteiger partial charge < -0.3 is 25.4 Å². The number of nitrogens with zero attached hydrogens (tertiary/aromatic N) is 1. The minimum atomic E-state index is -0.140. The first kappa shape index (κ1) is 24.5. The second-order valence-corrected chi connectivity index (χ2v) is 6.08. The van der Waals surface area contributed by atoms with Crippen LogP contribution in [0.25, 0.3) is 0 Å². The summed E-state index contributed by atoms with van der Waals surface area (Å²) in [5.74, 6) is 2.06. The second-order valence-electron chi connectivity index (χ2n) is 6.08. The van der Waals surface area contributed by atoms with Crippen LogP contribution in [-0.2, 0) is 11.3 Å². The predicted octanol–water partition coefficient (Wildman–Crippen LogP) is 3.41. The van der Waals surface area contributed by atoms with Crippen LogP contribution in [0.4, 0.5) is 5.69 Å². The molecule has 158 valence electrons. The molecule has 8 heteroatoms. The Hall–Kier alpha value is -2.49. The van der Waals surface area contributed by atoms with E-state index in [-0.39, 0.29) is 29.9 Å². The molecule has 29 heavy (non-hydrogen) atoms. The van der Waals surface area contributed by atoms with Crippen LogP contribution in [0.5, 0.6) is 11.5 Å². The molecule has 2 aromatic carbocycles. The summed E-state index contributed by atoms with van der Waals surface area (Å²) in [5, 5.41) is 9.29. The lowest BCUT2D eigenvalue weighted by Crippen LogP contribution is -2.37. The number of aliphatic imine (C=N–C) groups is 1. The Labute approximate surface area is 189 Å². The molecule has 0 aliphatic carbocycles. The molecule has 0 radical (unpaired) electrons. The third-order valence-electron chi connectivity index (χ3n) is 3.88. The smallest absolute Gasteiger partial charge is 0.221 e. The highest BCUT2D eigenvalue weighted by molar-refractivity contribution is 14.0. The van der Waals surface area contributed by atoms with E-state index in [1.807, 2.05) is 48.5 Å². The molecule has 0 bridgehead atoms. The van der Waals surface area contributed by atoms with Crippen LogP contribution in [0, 0.1) is 0 Å². The Kier molecular flexibility index (Phi) is 11.6. The van der Waals surface area contributed by atoms with Crippen molar-refractivity contribution in [3.8, 4) is 11.5 Å². The normalized spacial score (nSPS) is 10.5. The van der Waals surface area contributed by atoms with Crippen molar-refractivity contribution in [1.82, 2.24) is 10.6 Å². The Morgan fingerprint density at radius 2 is 1.86 bits per heavy atom. The molecule has 0 saturated heterocycles. The van der Waals surface area contributed by atoms with Gasteiger partial charge in [0.05, 0.1) is 19.4 Å². The number of carbonyl (C=O) groups excluding carboxylic acids is 1. The van der Waals surface area contributed by atoms with Crippen molar-refractivity contribution in [2.45, 2.75) is 19.9 Å². The molecule has 0 aromatic heterocycles. The van der Waals surface area contributed by atoms with E-state index in [9.17, 15) is 4.79 Å². The third-order valence-corrected chi connectivity index (χ3v) is 3.88. The molecule has 0 spiro atoms. The molecule has 0 fully saturated rings. The topological polar surface area (TPSA) is 84.0 Å². The molecule has 0 atom stereocenters. The van der Waals surface area contributed by atoms with Gasteiger partial charge in [0.15, 0.2) is 5.96 Å². The van der Waals surface area contributed by atoms with E-state index in [2.05, 4.69) is 20.9 Å². The molecular weight excluding hydrogens is 483 g/mol. The van der Waals surface area contributed by atoms with Crippen molar-refractivity contribution in [3.05, 3.63) is 54.1 Å². The molecule has 0 saturated carbocycles. The van der Waals surface area contributed by atoms with E-state index in [0.29, 0.717) is 30.5 Å². The number of amides is 1. The van der Waals surface area contributed by atoms with E-state index in [1.54, 1.807) is 14.2 Å². The van der Waals surface area contributed by atoms with Gasteiger partial charge in [-0.15, -0.1) is 24.0 Å². The first-order chi connectivity index (χ1) is 13.6. The molecule has 0 unspecified atom stereocenters. The van der Waals surface area contributed by atoms with Crippen LogP contribution in [0.2, 0.25) is 0 Å². The lowest BCUT2D eigenvalue weighted by Gasteiger charge is -2.14. The summed E-state index contributed by atoms with van der Waals surface area (Å²) < 4.78 is 10.9. The standard InChI is InChI=1S/C21H28N4O3.HI/c1-16(26)25-19-14-17(10-11-20(19)27-3)15-24-21(22-2)23-12-7-13-28-18-8-5-4-6-9-18;/h4-6,8-11,14H,7,12-13,15H2,1-3H3,(H,25,26)(H2,22,23,24);1H. The Balaban J connectivity index is 0.00000420. The molecule has 2 rings (SSSR count). The Morgan fingerprint density at radius 1 is 1.10 bits per heavy atom. The fraction of sp³-hybridized carbons (Fsp3) is 0.333. The zero-order valence-corrected chi connectivity index (χ0v) is 19.4. The molecule has 0 aliphatic rings. The average Bonchev–Trinajstić information content (AvgIpc) is 2.70. The van der Waals surface area contributed by atoms with Crippen LogP contribution in [0.3, 0.4) is 0 Å². The van der Waals surface area contributed by atoms with Gasteiger partial charge in [0.1, 0.15) is 11.5 Å². The zero-order chi connectivity index (χ0) is 20.2. The molecule has 0 aliphatic heterocycles.